The number of carbonyl (C=O) groups is 2. The topological polar surface area (TPSA) is 99.3 Å². The van der Waals surface area contributed by atoms with Gasteiger partial charge in [-0.25, -0.2) is 4.79 Å². The zero-order valence-electron chi connectivity index (χ0n) is 10.3. The van der Waals surface area contributed by atoms with Crippen molar-refractivity contribution in [2.45, 2.75) is 32.7 Å². The highest BCUT2D eigenvalue weighted by molar-refractivity contribution is 5.96. The maximum Gasteiger partial charge on any atom is 0.326 e. The van der Waals surface area contributed by atoms with Gasteiger partial charge in [0.25, 0.3) is 5.91 Å². The first-order valence-electron chi connectivity index (χ1n) is 5.68. The van der Waals surface area contributed by atoms with Crippen LogP contribution in [0.4, 0.5) is 0 Å². The standard InChI is InChI=1S/C12H16N2O4/c1-3-4-9(12(17)18)14-11(16)8-6-13-7(2)5-10(8)15/h5-6,9H,3-4H2,1-2H3,(H,13,15)(H,14,16)(H,17,18). The summed E-state index contributed by atoms with van der Waals surface area (Å²) in [6, 6.07) is 0.327. The van der Waals surface area contributed by atoms with Crippen molar-refractivity contribution in [2.75, 3.05) is 0 Å². The molecule has 0 aliphatic heterocycles. The Hall–Kier alpha value is -2.11. The molecular formula is C12H16N2O4. The normalized spacial score (nSPS) is 11.9. The van der Waals surface area contributed by atoms with E-state index in [1.54, 1.807) is 6.92 Å². The van der Waals surface area contributed by atoms with E-state index in [1.165, 1.54) is 12.3 Å². The highest BCUT2D eigenvalue weighted by atomic mass is 16.4. The molecule has 0 spiro atoms. The SMILES string of the molecule is CCCC(NC(=O)c1c[nH]c(C)cc1=O)C(=O)O. The van der Waals surface area contributed by atoms with E-state index >= 15 is 0 Å². The molecule has 98 valence electrons. The van der Waals surface area contributed by atoms with Gasteiger partial charge >= 0.3 is 5.97 Å². The molecular weight excluding hydrogens is 236 g/mol. The average Bonchev–Trinajstić information content (AvgIpc) is 2.27. The van der Waals surface area contributed by atoms with Crippen LogP contribution in [0.3, 0.4) is 0 Å². The third-order valence-corrected chi connectivity index (χ3v) is 2.48. The van der Waals surface area contributed by atoms with Gasteiger partial charge < -0.3 is 15.4 Å². The predicted octanol–water partition coefficient (Wildman–Crippen LogP) is 0.666. The van der Waals surface area contributed by atoms with Crippen LogP contribution in [0, 0.1) is 6.92 Å². The number of carboxylic acids is 1. The molecule has 0 aliphatic rings. The van der Waals surface area contributed by atoms with E-state index in [4.69, 9.17) is 5.11 Å². The zero-order valence-corrected chi connectivity index (χ0v) is 10.3. The molecule has 0 fully saturated rings. The summed E-state index contributed by atoms with van der Waals surface area (Å²) < 4.78 is 0. The fourth-order valence-corrected chi connectivity index (χ4v) is 1.53. The van der Waals surface area contributed by atoms with Gasteiger partial charge in [-0.15, -0.1) is 0 Å². The molecule has 1 atom stereocenters. The molecule has 1 heterocycles. The second-order valence-corrected chi connectivity index (χ2v) is 4.05. The van der Waals surface area contributed by atoms with E-state index in [0.29, 0.717) is 18.5 Å². The highest BCUT2D eigenvalue weighted by Gasteiger charge is 2.20. The Bertz CT molecular complexity index is 507. The van der Waals surface area contributed by atoms with Gasteiger partial charge in [-0.2, -0.15) is 0 Å². The summed E-state index contributed by atoms with van der Waals surface area (Å²) in [6.07, 6.45) is 2.24. The quantitative estimate of drug-likeness (QED) is 0.717. The van der Waals surface area contributed by atoms with Crippen LogP contribution >= 0.6 is 0 Å². The summed E-state index contributed by atoms with van der Waals surface area (Å²) >= 11 is 0. The van der Waals surface area contributed by atoms with Gasteiger partial charge in [-0.3, -0.25) is 9.59 Å². The zero-order chi connectivity index (χ0) is 13.7. The molecule has 1 amide bonds. The first kappa shape index (κ1) is 14.0. The van der Waals surface area contributed by atoms with Crippen molar-refractivity contribution in [2.24, 2.45) is 0 Å². The van der Waals surface area contributed by atoms with Gasteiger partial charge in [0.15, 0.2) is 5.43 Å². The highest BCUT2D eigenvalue weighted by Crippen LogP contribution is 1.99. The molecule has 1 unspecified atom stereocenters. The van der Waals surface area contributed by atoms with Crippen molar-refractivity contribution in [3.63, 3.8) is 0 Å². The van der Waals surface area contributed by atoms with Crippen molar-refractivity contribution in [3.05, 3.63) is 33.7 Å². The molecule has 1 rings (SSSR count). The van der Waals surface area contributed by atoms with Crippen LogP contribution in [-0.4, -0.2) is 28.0 Å². The maximum atomic E-state index is 11.8. The predicted molar refractivity (Wildman–Crippen MR) is 65.6 cm³/mol. The van der Waals surface area contributed by atoms with Gasteiger partial charge in [-0.1, -0.05) is 13.3 Å². The minimum absolute atomic E-state index is 0.0806. The summed E-state index contributed by atoms with van der Waals surface area (Å²) in [5.41, 5.74) is 0.132. The van der Waals surface area contributed by atoms with Crippen LogP contribution in [0.25, 0.3) is 0 Å². The fourth-order valence-electron chi connectivity index (χ4n) is 1.53. The number of rotatable bonds is 5. The number of amides is 1. The number of aromatic nitrogens is 1. The summed E-state index contributed by atoms with van der Waals surface area (Å²) in [4.78, 5) is 37.0. The van der Waals surface area contributed by atoms with E-state index < -0.39 is 23.3 Å². The lowest BCUT2D eigenvalue weighted by atomic mass is 10.1. The third kappa shape index (κ3) is 3.44. The Morgan fingerprint density at radius 3 is 2.67 bits per heavy atom. The number of H-pyrrole nitrogens is 1. The van der Waals surface area contributed by atoms with Gasteiger partial charge in [-0.05, 0) is 13.3 Å². The van der Waals surface area contributed by atoms with Gasteiger partial charge in [0, 0.05) is 18.0 Å². The average molecular weight is 252 g/mol. The lowest BCUT2D eigenvalue weighted by molar-refractivity contribution is -0.139. The Balaban J connectivity index is 2.87. The maximum absolute atomic E-state index is 11.8. The van der Waals surface area contributed by atoms with Crippen molar-refractivity contribution in [1.29, 1.82) is 0 Å². The second-order valence-electron chi connectivity index (χ2n) is 4.05. The van der Waals surface area contributed by atoms with E-state index in [2.05, 4.69) is 10.3 Å². The first-order valence-corrected chi connectivity index (χ1v) is 5.68. The van der Waals surface area contributed by atoms with Crippen LogP contribution in [0.2, 0.25) is 0 Å². The Morgan fingerprint density at radius 2 is 2.17 bits per heavy atom. The molecule has 0 bridgehead atoms. The number of aryl methyl sites for hydroxylation is 1. The van der Waals surface area contributed by atoms with Crippen LogP contribution in [0.15, 0.2) is 17.1 Å². The minimum atomic E-state index is -1.10. The molecule has 1 aromatic rings. The van der Waals surface area contributed by atoms with E-state index in [-0.39, 0.29) is 5.56 Å². The fraction of sp³-hybridized carbons (Fsp3) is 0.417. The Kier molecular flexibility index (Phi) is 4.65. The monoisotopic (exact) mass is 252 g/mol. The Morgan fingerprint density at radius 1 is 1.50 bits per heavy atom. The Labute approximate surface area is 104 Å². The molecule has 0 saturated carbocycles. The smallest absolute Gasteiger partial charge is 0.326 e. The van der Waals surface area contributed by atoms with Crippen LogP contribution in [-0.2, 0) is 4.79 Å². The van der Waals surface area contributed by atoms with Crippen LogP contribution < -0.4 is 10.7 Å². The summed E-state index contributed by atoms with van der Waals surface area (Å²) in [5.74, 6) is -1.77. The molecule has 0 saturated heterocycles. The first-order chi connectivity index (χ1) is 8.45. The minimum Gasteiger partial charge on any atom is -0.480 e. The molecule has 0 aromatic carbocycles. The third-order valence-electron chi connectivity index (χ3n) is 2.48. The van der Waals surface area contributed by atoms with E-state index in [0.717, 1.165) is 0 Å². The van der Waals surface area contributed by atoms with Gasteiger partial charge in [0.2, 0.25) is 0 Å². The molecule has 1 aromatic heterocycles. The number of hydrogen-bond donors (Lipinski definition) is 3. The lowest BCUT2D eigenvalue weighted by Gasteiger charge is -2.13. The largest absolute Gasteiger partial charge is 0.480 e. The van der Waals surface area contributed by atoms with Gasteiger partial charge in [0.1, 0.15) is 11.6 Å². The summed E-state index contributed by atoms with van der Waals surface area (Å²) in [6.45, 7) is 3.51. The second kappa shape index (κ2) is 6.00. The number of carboxylic acid groups (broad SMARTS) is 1. The molecule has 6 nitrogen and oxygen atoms in total. The van der Waals surface area contributed by atoms with Crippen LogP contribution in [0.5, 0.6) is 0 Å². The molecule has 6 heteroatoms. The number of hydrogen-bond acceptors (Lipinski definition) is 3. The molecule has 0 aliphatic carbocycles. The van der Waals surface area contributed by atoms with Crippen molar-refractivity contribution in [3.8, 4) is 0 Å². The number of nitrogens with one attached hydrogen (secondary N) is 2. The van der Waals surface area contributed by atoms with Crippen molar-refractivity contribution in [1.82, 2.24) is 10.3 Å². The van der Waals surface area contributed by atoms with E-state index in [1.807, 2.05) is 6.92 Å². The lowest BCUT2D eigenvalue weighted by Crippen LogP contribution is -2.42. The van der Waals surface area contributed by atoms with Crippen LogP contribution in [0.1, 0.15) is 35.8 Å². The number of carbonyl (C=O) groups excluding carboxylic acids is 1. The summed E-state index contributed by atoms with van der Waals surface area (Å²) in [7, 11) is 0. The molecule has 0 radical (unpaired) electrons. The molecule has 18 heavy (non-hydrogen) atoms. The van der Waals surface area contributed by atoms with Gasteiger partial charge in [0.05, 0.1) is 0 Å². The van der Waals surface area contributed by atoms with E-state index in [9.17, 15) is 14.4 Å². The number of aliphatic carboxylic acids is 1. The summed E-state index contributed by atoms with van der Waals surface area (Å²) in [5, 5.41) is 11.2. The van der Waals surface area contributed by atoms with Crippen molar-refractivity contribution < 1.29 is 14.7 Å². The number of aromatic amines is 1. The number of pyridine rings is 1. The molecule has 3 N–H and O–H groups in total. The van der Waals surface area contributed by atoms with Crippen molar-refractivity contribution >= 4 is 11.9 Å².